The summed E-state index contributed by atoms with van der Waals surface area (Å²) in [5.74, 6) is 0.433. The highest BCUT2D eigenvalue weighted by molar-refractivity contribution is 7.89. The first-order chi connectivity index (χ1) is 17.4. The summed E-state index contributed by atoms with van der Waals surface area (Å²) in [6.45, 7) is 6.63. The second kappa shape index (κ2) is 11.6. The van der Waals surface area contributed by atoms with Gasteiger partial charge in [0.2, 0.25) is 15.9 Å². The van der Waals surface area contributed by atoms with Crippen LogP contribution in [-0.2, 0) is 21.2 Å². The van der Waals surface area contributed by atoms with Crippen molar-refractivity contribution < 1.29 is 17.9 Å². The number of nitrogens with one attached hydrogen (secondary N) is 1. The molecule has 0 aromatic heterocycles. The molecule has 0 radical (unpaired) electrons. The number of ether oxygens (including phenoxy) is 1. The predicted molar refractivity (Wildman–Crippen MR) is 142 cm³/mol. The van der Waals surface area contributed by atoms with E-state index in [4.69, 9.17) is 4.74 Å². The summed E-state index contributed by atoms with van der Waals surface area (Å²) in [4.78, 5) is 17.7. The van der Waals surface area contributed by atoms with Crippen LogP contribution in [-0.4, -0.2) is 58.1 Å². The number of anilines is 1. The van der Waals surface area contributed by atoms with E-state index in [1.807, 2.05) is 62.4 Å². The molecule has 1 fully saturated rings. The maximum atomic E-state index is 13.6. The number of amides is 1. The van der Waals surface area contributed by atoms with Crippen LogP contribution in [0.4, 0.5) is 5.69 Å². The fourth-order valence-corrected chi connectivity index (χ4v) is 5.71. The summed E-state index contributed by atoms with van der Waals surface area (Å²) in [5.41, 5.74) is 2.74. The van der Waals surface area contributed by atoms with E-state index < -0.39 is 16.1 Å². The summed E-state index contributed by atoms with van der Waals surface area (Å²) < 4.78 is 34.9. The van der Waals surface area contributed by atoms with Crippen LogP contribution in [0, 0.1) is 6.92 Å². The largest absolute Gasteiger partial charge is 0.494 e. The van der Waals surface area contributed by atoms with Crippen molar-refractivity contribution in [2.45, 2.75) is 31.2 Å². The summed E-state index contributed by atoms with van der Waals surface area (Å²) in [5, 5.41) is 0. The van der Waals surface area contributed by atoms with E-state index in [9.17, 15) is 13.2 Å². The molecule has 36 heavy (non-hydrogen) atoms. The first-order valence-corrected chi connectivity index (χ1v) is 13.7. The molecule has 190 valence electrons. The molecule has 1 heterocycles. The highest BCUT2D eigenvalue weighted by Crippen LogP contribution is 2.23. The van der Waals surface area contributed by atoms with Crippen molar-refractivity contribution in [3.63, 3.8) is 0 Å². The van der Waals surface area contributed by atoms with Crippen molar-refractivity contribution in [2.75, 3.05) is 37.7 Å². The van der Waals surface area contributed by atoms with Gasteiger partial charge in [-0.2, -0.15) is 4.72 Å². The average Bonchev–Trinajstić information content (AvgIpc) is 2.90. The fraction of sp³-hybridized carbons (Fsp3) is 0.321. The van der Waals surface area contributed by atoms with Gasteiger partial charge < -0.3 is 14.5 Å². The Morgan fingerprint density at radius 2 is 1.58 bits per heavy atom. The lowest BCUT2D eigenvalue weighted by Crippen LogP contribution is -2.55. The van der Waals surface area contributed by atoms with Gasteiger partial charge in [0.15, 0.2) is 0 Å². The number of aryl methyl sites for hydroxylation is 1. The molecule has 1 aliphatic rings. The van der Waals surface area contributed by atoms with Crippen molar-refractivity contribution in [3.05, 3.63) is 90.0 Å². The number of hydrogen-bond acceptors (Lipinski definition) is 5. The first-order valence-electron chi connectivity index (χ1n) is 12.3. The van der Waals surface area contributed by atoms with Crippen LogP contribution >= 0.6 is 0 Å². The molecule has 1 saturated heterocycles. The van der Waals surface area contributed by atoms with E-state index in [2.05, 4.69) is 21.8 Å². The summed E-state index contributed by atoms with van der Waals surface area (Å²) in [7, 11) is -3.93. The molecular formula is C28H33N3O4S. The molecule has 3 aromatic carbocycles. The molecule has 0 bridgehead atoms. The Kier molecular flexibility index (Phi) is 8.28. The number of benzene rings is 3. The fourth-order valence-electron chi connectivity index (χ4n) is 4.44. The Morgan fingerprint density at radius 3 is 2.19 bits per heavy atom. The van der Waals surface area contributed by atoms with Gasteiger partial charge in [0.25, 0.3) is 0 Å². The SMILES string of the molecule is CCOc1ccc(S(=O)(=O)N[C@@H](Cc2ccccc2)C(=O)N2CCN(c3ccccc3)CC2)cc1C. The Balaban J connectivity index is 1.52. The number of nitrogens with zero attached hydrogens (tertiary/aromatic N) is 2. The lowest BCUT2D eigenvalue weighted by atomic mass is 10.1. The maximum Gasteiger partial charge on any atom is 0.241 e. The topological polar surface area (TPSA) is 78.9 Å². The average molecular weight is 508 g/mol. The van der Waals surface area contributed by atoms with Crippen molar-refractivity contribution >= 4 is 21.6 Å². The molecule has 0 spiro atoms. The van der Waals surface area contributed by atoms with Gasteiger partial charge in [-0.3, -0.25) is 4.79 Å². The maximum absolute atomic E-state index is 13.6. The zero-order valence-electron chi connectivity index (χ0n) is 20.8. The lowest BCUT2D eigenvalue weighted by molar-refractivity contribution is -0.133. The van der Waals surface area contributed by atoms with Gasteiger partial charge in [0.05, 0.1) is 11.5 Å². The Bertz CT molecular complexity index is 1260. The monoisotopic (exact) mass is 507 g/mol. The Hall–Kier alpha value is -3.36. The third kappa shape index (κ3) is 6.25. The van der Waals surface area contributed by atoms with Gasteiger partial charge in [0.1, 0.15) is 11.8 Å². The van der Waals surface area contributed by atoms with Crippen molar-refractivity contribution in [2.24, 2.45) is 0 Å². The van der Waals surface area contributed by atoms with E-state index in [0.29, 0.717) is 38.5 Å². The Labute approximate surface area is 213 Å². The first kappa shape index (κ1) is 25.7. The molecule has 4 rings (SSSR count). The van der Waals surface area contributed by atoms with Crippen LogP contribution in [0.15, 0.2) is 83.8 Å². The minimum atomic E-state index is -3.93. The summed E-state index contributed by atoms with van der Waals surface area (Å²) >= 11 is 0. The van der Waals surface area contributed by atoms with Crippen LogP contribution in [0.3, 0.4) is 0 Å². The highest BCUT2D eigenvalue weighted by Gasteiger charge is 2.31. The zero-order chi connectivity index (χ0) is 25.5. The Morgan fingerprint density at radius 1 is 0.944 bits per heavy atom. The minimum absolute atomic E-state index is 0.114. The van der Waals surface area contributed by atoms with E-state index in [-0.39, 0.29) is 17.2 Å². The van der Waals surface area contributed by atoms with Gasteiger partial charge in [-0.1, -0.05) is 48.5 Å². The molecule has 8 heteroatoms. The number of rotatable bonds is 9. The van der Waals surface area contributed by atoms with Crippen LogP contribution in [0.5, 0.6) is 5.75 Å². The normalized spacial score (nSPS) is 14.9. The number of piperazine rings is 1. The second-order valence-electron chi connectivity index (χ2n) is 8.87. The van der Waals surface area contributed by atoms with Gasteiger partial charge in [0, 0.05) is 31.9 Å². The van der Waals surface area contributed by atoms with Gasteiger partial charge in [-0.05, 0) is 61.7 Å². The van der Waals surface area contributed by atoms with Crippen molar-refractivity contribution in [1.82, 2.24) is 9.62 Å². The number of hydrogen-bond donors (Lipinski definition) is 1. The van der Waals surface area contributed by atoms with E-state index in [1.165, 1.54) is 6.07 Å². The highest BCUT2D eigenvalue weighted by atomic mass is 32.2. The zero-order valence-corrected chi connectivity index (χ0v) is 21.6. The molecule has 1 aliphatic heterocycles. The standard InChI is InChI=1S/C28H33N3O4S/c1-3-35-27-15-14-25(20-22(27)2)36(33,34)29-26(21-23-10-6-4-7-11-23)28(32)31-18-16-30(17-19-31)24-12-8-5-9-13-24/h4-15,20,26,29H,3,16-19,21H2,1-2H3/t26-/m0/s1. The number of carbonyl (C=O) groups excluding carboxylic acids is 1. The van der Waals surface area contributed by atoms with E-state index >= 15 is 0 Å². The molecule has 7 nitrogen and oxygen atoms in total. The number of carbonyl (C=O) groups is 1. The van der Waals surface area contributed by atoms with Crippen LogP contribution in [0.1, 0.15) is 18.1 Å². The predicted octanol–water partition coefficient (Wildman–Crippen LogP) is 3.63. The molecule has 1 amide bonds. The molecule has 1 atom stereocenters. The molecule has 0 unspecified atom stereocenters. The molecule has 1 N–H and O–H groups in total. The number of sulfonamides is 1. The second-order valence-corrected chi connectivity index (χ2v) is 10.6. The molecule has 0 saturated carbocycles. The van der Waals surface area contributed by atoms with Crippen LogP contribution < -0.4 is 14.4 Å². The van der Waals surface area contributed by atoms with E-state index in [1.54, 1.807) is 17.0 Å². The van der Waals surface area contributed by atoms with E-state index in [0.717, 1.165) is 16.8 Å². The van der Waals surface area contributed by atoms with Crippen LogP contribution in [0.25, 0.3) is 0 Å². The molecular weight excluding hydrogens is 474 g/mol. The molecule has 0 aliphatic carbocycles. The van der Waals surface area contributed by atoms with Crippen LogP contribution in [0.2, 0.25) is 0 Å². The minimum Gasteiger partial charge on any atom is -0.494 e. The van der Waals surface area contributed by atoms with Crippen molar-refractivity contribution in [1.29, 1.82) is 0 Å². The summed E-state index contributed by atoms with van der Waals surface area (Å²) in [6.07, 6.45) is 0.272. The van der Waals surface area contributed by atoms with Gasteiger partial charge in [-0.25, -0.2) is 8.42 Å². The third-order valence-electron chi connectivity index (χ3n) is 6.35. The van der Waals surface area contributed by atoms with Gasteiger partial charge in [-0.15, -0.1) is 0 Å². The number of para-hydroxylation sites is 1. The smallest absolute Gasteiger partial charge is 0.241 e. The summed E-state index contributed by atoms with van der Waals surface area (Å²) in [6, 6.07) is 23.4. The quantitative estimate of drug-likeness (QED) is 0.479. The van der Waals surface area contributed by atoms with Crippen molar-refractivity contribution in [3.8, 4) is 5.75 Å². The molecule has 3 aromatic rings. The van der Waals surface area contributed by atoms with Gasteiger partial charge >= 0.3 is 0 Å². The third-order valence-corrected chi connectivity index (χ3v) is 7.82. The lowest BCUT2D eigenvalue weighted by Gasteiger charge is -2.37.